The molecule has 0 saturated heterocycles. The Morgan fingerprint density at radius 1 is 1.05 bits per heavy atom. The maximum atomic E-state index is 13.3. The van der Waals surface area contributed by atoms with Crippen molar-refractivity contribution in [2.75, 3.05) is 0 Å². The lowest BCUT2D eigenvalue weighted by Gasteiger charge is -2.14. The van der Waals surface area contributed by atoms with Gasteiger partial charge in [0.2, 0.25) is 0 Å². The Morgan fingerprint density at radius 2 is 1.86 bits per heavy atom. The second-order valence-corrected chi connectivity index (χ2v) is 10.2. The Kier molecular flexibility index (Phi) is 7.40. The van der Waals surface area contributed by atoms with Gasteiger partial charge in [0.25, 0.3) is 5.56 Å². The van der Waals surface area contributed by atoms with E-state index in [-0.39, 0.29) is 11.5 Å². The van der Waals surface area contributed by atoms with Crippen LogP contribution in [0, 0.1) is 0 Å². The van der Waals surface area contributed by atoms with Gasteiger partial charge in [-0.25, -0.2) is 4.98 Å². The summed E-state index contributed by atoms with van der Waals surface area (Å²) in [5.74, 6) is 1.27. The molecule has 0 spiro atoms. The molecule has 7 heteroatoms. The number of benzene rings is 4. The van der Waals surface area contributed by atoms with Crippen molar-refractivity contribution in [2.45, 2.75) is 32.8 Å². The van der Waals surface area contributed by atoms with Crippen molar-refractivity contribution in [1.29, 1.82) is 0 Å². The van der Waals surface area contributed by atoms with Gasteiger partial charge in [0.1, 0.15) is 18.2 Å². The van der Waals surface area contributed by atoms with Gasteiger partial charge in [0.05, 0.1) is 22.1 Å². The van der Waals surface area contributed by atoms with Crippen molar-refractivity contribution < 1.29 is 4.74 Å². The van der Waals surface area contributed by atoms with Crippen LogP contribution in [0.3, 0.4) is 0 Å². The van der Waals surface area contributed by atoms with Crippen LogP contribution in [0.4, 0.5) is 0 Å². The summed E-state index contributed by atoms with van der Waals surface area (Å²) in [7, 11) is 0. The lowest BCUT2D eigenvalue weighted by molar-refractivity contribution is 0.308. The molecule has 37 heavy (non-hydrogen) atoms. The molecule has 0 amide bonds. The number of halogens is 2. The van der Waals surface area contributed by atoms with E-state index in [1.807, 2.05) is 49.4 Å². The molecule has 0 N–H and O–H groups in total. The maximum absolute atomic E-state index is 13.3. The summed E-state index contributed by atoms with van der Waals surface area (Å²) in [6, 6.07) is 25.4. The zero-order valence-corrected chi connectivity index (χ0v) is 22.8. The molecule has 5 nitrogen and oxygen atoms in total. The summed E-state index contributed by atoms with van der Waals surface area (Å²) in [6.07, 6.45) is 2.46. The summed E-state index contributed by atoms with van der Waals surface area (Å²) in [5.41, 5.74) is 2.29. The molecule has 0 fully saturated rings. The van der Waals surface area contributed by atoms with Gasteiger partial charge in [0.15, 0.2) is 0 Å². The van der Waals surface area contributed by atoms with Crippen LogP contribution in [0.1, 0.15) is 43.1 Å². The van der Waals surface area contributed by atoms with Gasteiger partial charge in [-0.3, -0.25) is 4.79 Å². The van der Waals surface area contributed by atoms with Crippen molar-refractivity contribution in [1.82, 2.24) is 9.66 Å². The molecule has 0 aliphatic heterocycles. The fourth-order valence-corrected chi connectivity index (χ4v) is 4.80. The molecule has 4 aromatic carbocycles. The normalized spacial score (nSPS) is 12.4. The highest BCUT2D eigenvalue weighted by Gasteiger charge is 2.15. The van der Waals surface area contributed by atoms with Gasteiger partial charge in [-0.2, -0.15) is 9.78 Å². The Balaban J connectivity index is 1.42. The molecule has 5 rings (SSSR count). The topological polar surface area (TPSA) is 56.5 Å². The predicted octanol–water partition coefficient (Wildman–Crippen LogP) is 7.94. The minimum Gasteiger partial charge on any atom is -0.487 e. The van der Waals surface area contributed by atoms with Crippen LogP contribution in [0.25, 0.3) is 21.7 Å². The van der Waals surface area contributed by atoms with Crippen molar-refractivity contribution in [2.24, 2.45) is 5.10 Å². The number of hydrogen-bond acceptors (Lipinski definition) is 4. The van der Waals surface area contributed by atoms with Gasteiger partial charge in [-0.05, 0) is 64.7 Å². The fraction of sp³-hybridized carbons (Fsp3) is 0.167. The largest absolute Gasteiger partial charge is 0.487 e. The summed E-state index contributed by atoms with van der Waals surface area (Å²) in [5, 5.41) is 7.83. The Bertz CT molecular complexity index is 1690. The highest BCUT2D eigenvalue weighted by Crippen LogP contribution is 2.27. The third kappa shape index (κ3) is 5.31. The van der Waals surface area contributed by atoms with Gasteiger partial charge in [-0.1, -0.05) is 83.8 Å². The van der Waals surface area contributed by atoms with E-state index in [2.05, 4.69) is 52.2 Å². The minimum atomic E-state index is -0.209. The van der Waals surface area contributed by atoms with Gasteiger partial charge < -0.3 is 4.74 Å². The Morgan fingerprint density at radius 3 is 2.68 bits per heavy atom. The summed E-state index contributed by atoms with van der Waals surface area (Å²) >= 11 is 9.99. The Hall–Kier alpha value is -3.48. The molecule has 1 atom stereocenters. The van der Waals surface area contributed by atoms with E-state index in [9.17, 15) is 4.79 Å². The molecule has 0 aliphatic rings. The molecule has 0 aliphatic carbocycles. The van der Waals surface area contributed by atoms with Crippen LogP contribution in [0.15, 0.2) is 93.2 Å². The third-order valence-corrected chi connectivity index (χ3v) is 7.22. The Labute approximate surface area is 228 Å². The zero-order valence-electron chi connectivity index (χ0n) is 20.5. The van der Waals surface area contributed by atoms with Crippen LogP contribution < -0.4 is 10.3 Å². The second-order valence-electron chi connectivity index (χ2n) is 8.92. The molecule has 1 heterocycles. The van der Waals surface area contributed by atoms with Crippen LogP contribution >= 0.6 is 27.5 Å². The van der Waals surface area contributed by atoms with E-state index in [0.717, 1.165) is 27.4 Å². The van der Waals surface area contributed by atoms with Gasteiger partial charge >= 0.3 is 0 Å². The molecule has 1 aromatic heterocycles. The van der Waals surface area contributed by atoms with Crippen LogP contribution in [-0.2, 0) is 6.61 Å². The average Bonchev–Trinajstić information content (AvgIpc) is 2.91. The van der Waals surface area contributed by atoms with Crippen LogP contribution in [0.5, 0.6) is 5.75 Å². The van der Waals surface area contributed by atoms with Gasteiger partial charge in [0, 0.05) is 10.4 Å². The van der Waals surface area contributed by atoms with E-state index in [1.54, 1.807) is 18.3 Å². The molecule has 5 aromatic rings. The number of rotatable bonds is 7. The molecular formula is C30H25BrClN3O2. The number of fused-ring (bicyclic) bond motifs is 2. The summed E-state index contributed by atoms with van der Waals surface area (Å²) in [4.78, 5) is 18.1. The first-order valence-corrected chi connectivity index (χ1v) is 13.3. The first-order valence-electron chi connectivity index (χ1n) is 12.1. The van der Waals surface area contributed by atoms with E-state index < -0.39 is 0 Å². The van der Waals surface area contributed by atoms with Crippen LogP contribution in [-0.4, -0.2) is 15.9 Å². The number of aromatic nitrogens is 2. The average molecular weight is 575 g/mol. The molecule has 0 bridgehead atoms. The number of ether oxygens (including phenoxy) is 1. The van der Waals surface area contributed by atoms with Gasteiger partial charge in [-0.15, -0.1) is 0 Å². The van der Waals surface area contributed by atoms with Crippen molar-refractivity contribution in [3.8, 4) is 5.75 Å². The molecule has 0 radical (unpaired) electrons. The van der Waals surface area contributed by atoms with E-state index in [4.69, 9.17) is 21.3 Å². The molecule has 0 saturated carbocycles. The predicted molar refractivity (Wildman–Crippen MR) is 155 cm³/mol. The monoisotopic (exact) mass is 573 g/mol. The van der Waals surface area contributed by atoms with E-state index in [1.165, 1.54) is 10.1 Å². The van der Waals surface area contributed by atoms with Crippen molar-refractivity contribution in [3.05, 3.63) is 116 Å². The summed E-state index contributed by atoms with van der Waals surface area (Å²) < 4.78 is 8.25. The SMILES string of the molecule is CC[C@@H](C)c1nc2ccc(Br)cc2c(=O)n1N=Cc1ccc(OCc2cccc3ccccc23)c(Cl)c1. The van der Waals surface area contributed by atoms with Crippen LogP contribution in [0.2, 0.25) is 5.02 Å². The standard InChI is InChI=1S/C30H25BrClN3O2/c1-3-19(2)29-34-27-13-12-23(31)16-25(27)30(36)35(29)33-17-20-11-14-28(26(32)15-20)37-18-22-9-6-8-21-7-4-5-10-24(21)22/h4-17,19H,3,18H2,1-2H3/t19-/m1/s1. The lowest BCUT2D eigenvalue weighted by atomic mass is 10.1. The van der Waals surface area contributed by atoms with Crippen molar-refractivity contribution in [3.63, 3.8) is 0 Å². The number of nitrogens with zero attached hydrogens (tertiary/aromatic N) is 3. The molecule has 186 valence electrons. The van der Waals surface area contributed by atoms with E-state index in [0.29, 0.717) is 34.1 Å². The minimum absolute atomic E-state index is 0.0614. The quantitative estimate of drug-likeness (QED) is 0.185. The third-order valence-electron chi connectivity index (χ3n) is 6.43. The number of hydrogen-bond donors (Lipinski definition) is 0. The van der Waals surface area contributed by atoms with E-state index >= 15 is 0 Å². The summed E-state index contributed by atoms with van der Waals surface area (Å²) in [6.45, 7) is 4.51. The first-order chi connectivity index (χ1) is 17.9. The lowest BCUT2D eigenvalue weighted by Crippen LogP contribution is -2.23. The smallest absolute Gasteiger partial charge is 0.282 e. The zero-order chi connectivity index (χ0) is 25.9. The highest BCUT2D eigenvalue weighted by atomic mass is 79.9. The fourth-order valence-electron chi connectivity index (χ4n) is 4.19. The molecule has 0 unspecified atom stereocenters. The second kappa shape index (κ2) is 10.9. The maximum Gasteiger partial charge on any atom is 0.282 e. The highest BCUT2D eigenvalue weighted by molar-refractivity contribution is 9.10. The first kappa shape index (κ1) is 25.2. The molecular weight excluding hydrogens is 550 g/mol. The van der Waals surface area contributed by atoms with Crippen molar-refractivity contribution >= 4 is 55.4 Å².